The zero-order valence-electron chi connectivity index (χ0n) is 20.9. The minimum absolute atomic E-state index is 0.0555. The molecule has 0 fully saturated rings. The highest BCUT2D eigenvalue weighted by molar-refractivity contribution is 9.11. The van der Waals surface area contributed by atoms with Gasteiger partial charge in [-0.05, 0) is 85.7 Å². The standard InChI is InChI=1S/C28H27Br2NO5S/c1-6-12-36-24-19(29)13-16(14-20(24)30)15-21-23(32)22(27(34)35-7-2)26(37-21)31-25(33)17-8-10-18(11-9-17)28(3,4)5/h6,8-11,13-15,32H,1,7,12H2,2-5H3. The molecule has 1 aliphatic rings. The van der Waals surface area contributed by atoms with E-state index in [1.54, 1.807) is 31.2 Å². The molecule has 1 amide bonds. The van der Waals surface area contributed by atoms with Crippen LogP contribution in [-0.2, 0) is 14.9 Å². The Labute approximate surface area is 237 Å². The van der Waals surface area contributed by atoms with Crippen molar-refractivity contribution >= 4 is 66.6 Å². The molecular weight excluding hydrogens is 622 g/mol. The van der Waals surface area contributed by atoms with Crippen LogP contribution in [0.5, 0.6) is 5.75 Å². The quantitative estimate of drug-likeness (QED) is 0.244. The first-order valence-electron chi connectivity index (χ1n) is 11.4. The van der Waals surface area contributed by atoms with Crippen molar-refractivity contribution in [2.45, 2.75) is 33.1 Å². The van der Waals surface area contributed by atoms with Gasteiger partial charge in [-0.3, -0.25) is 4.79 Å². The lowest BCUT2D eigenvalue weighted by molar-refractivity contribution is -0.138. The summed E-state index contributed by atoms with van der Waals surface area (Å²) in [6, 6.07) is 10.8. The Kier molecular flexibility index (Phi) is 9.61. The molecule has 0 radical (unpaired) electrons. The van der Waals surface area contributed by atoms with Crippen molar-refractivity contribution in [3.8, 4) is 5.75 Å². The van der Waals surface area contributed by atoms with Gasteiger partial charge in [0.1, 0.15) is 28.7 Å². The molecule has 37 heavy (non-hydrogen) atoms. The van der Waals surface area contributed by atoms with Gasteiger partial charge in [0, 0.05) is 5.56 Å². The summed E-state index contributed by atoms with van der Waals surface area (Å²) in [5, 5.41) is 11.0. The third kappa shape index (κ3) is 7.03. The lowest BCUT2D eigenvalue weighted by atomic mass is 9.87. The smallest absolute Gasteiger partial charge is 0.344 e. The highest BCUT2D eigenvalue weighted by atomic mass is 79.9. The van der Waals surface area contributed by atoms with Crippen molar-refractivity contribution in [2.75, 3.05) is 13.2 Å². The third-order valence-corrected chi connectivity index (χ3v) is 7.43. The summed E-state index contributed by atoms with van der Waals surface area (Å²) in [6.07, 6.45) is 3.34. The van der Waals surface area contributed by atoms with Crippen molar-refractivity contribution in [3.63, 3.8) is 0 Å². The van der Waals surface area contributed by atoms with Gasteiger partial charge < -0.3 is 14.6 Å². The average Bonchev–Trinajstić information content (AvgIpc) is 3.12. The first-order valence-corrected chi connectivity index (χ1v) is 13.8. The Morgan fingerprint density at radius 1 is 1.14 bits per heavy atom. The summed E-state index contributed by atoms with van der Waals surface area (Å²) in [4.78, 5) is 30.2. The first kappa shape index (κ1) is 28.9. The largest absolute Gasteiger partial charge is 0.506 e. The van der Waals surface area contributed by atoms with Gasteiger partial charge in [0.15, 0.2) is 0 Å². The van der Waals surface area contributed by atoms with Gasteiger partial charge in [0.25, 0.3) is 5.91 Å². The molecule has 0 saturated heterocycles. The molecule has 0 bridgehead atoms. The molecule has 9 heteroatoms. The SMILES string of the molecule is C=CCOc1c(Br)cc(C=C2SC(=NC(=O)c3ccc(C(C)(C)C)cc3)C(C(=O)OCC)=C2O)cc1Br. The number of nitrogens with zero attached hydrogens (tertiary/aromatic N) is 1. The van der Waals surface area contributed by atoms with E-state index in [1.807, 2.05) is 24.3 Å². The maximum atomic E-state index is 13.0. The fourth-order valence-corrected chi connectivity index (χ4v) is 5.82. The van der Waals surface area contributed by atoms with Crippen molar-refractivity contribution < 1.29 is 24.2 Å². The van der Waals surface area contributed by atoms with Gasteiger partial charge in [0.2, 0.25) is 0 Å². The fraction of sp³-hybridized carbons (Fsp3) is 0.250. The van der Waals surface area contributed by atoms with E-state index in [9.17, 15) is 14.7 Å². The molecule has 0 saturated carbocycles. The highest BCUT2D eigenvalue weighted by Gasteiger charge is 2.34. The number of halogens is 2. The number of ether oxygens (including phenoxy) is 2. The number of amides is 1. The maximum absolute atomic E-state index is 13.0. The lowest BCUT2D eigenvalue weighted by Crippen LogP contribution is -2.14. The molecule has 0 aromatic heterocycles. The second-order valence-electron chi connectivity index (χ2n) is 9.02. The van der Waals surface area contributed by atoms with Crippen LogP contribution in [0.3, 0.4) is 0 Å². The second-order valence-corrected chi connectivity index (χ2v) is 11.8. The summed E-state index contributed by atoms with van der Waals surface area (Å²) >= 11 is 8.01. The minimum Gasteiger partial charge on any atom is -0.506 e. The molecule has 2 aromatic carbocycles. The Morgan fingerprint density at radius 2 is 1.76 bits per heavy atom. The zero-order valence-corrected chi connectivity index (χ0v) is 24.9. The van der Waals surface area contributed by atoms with E-state index < -0.39 is 11.9 Å². The number of hydrogen-bond donors (Lipinski definition) is 1. The number of aliphatic hydroxyl groups excluding tert-OH is 1. The molecule has 194 valence electrons. The van der Waals surface area contributed by atoms with E-state index in [0.29, 0.717) is 37.3 Å². The van der Waals surface area contributed by atoms with Crippen LogP contribution in [0.25, 0.3) is 6.08 Å². The lowest BCUT2D eigenvalue weighted by Gasteiger charge is -2.18. The number of thioether (sulfide) groups is 1. The zero-order chi connectivity index (χ0) is 27.3. The van der Waals surface area contributed by atoms with E-state index in [0.717, 1.165) is 17.3 Å². The summed E-state index contributed by atoms with van der Waals surface area (Å²) in [7, 11) is 0. The van der Waals surface area contributed by atoms with Crippen LogP contribution >= 0.6 is 43.6 Å². The van der Waals surface area contributed by atoms with Crippen LogP contribution in [0, 0.1) is 0 Å². The summed E-state index contributed by atoms with van der Waals surface area (Å²) in [6.45, 7) is 12.0. The molecule has 0 aliphatic carbocycles. The number of aliphatic imine (C=N–C) groups is 1. The molecule has 1 N–H and O–H groups in total. The highest BCUT2D eigenvalue weighted by Crippen LogP contribution is 2.41. The molecule has 6 nitrogen and oxygen atoms in total. The summed E-state index contributed by atoms with van der Waals surface area (Å²) in [5.74, 6) is -0.954. The van der Waals surface area contributed by atoms with Gasteiger partial charge >= 0.3 is 5.97 Å². The normalized spacial score (nSPS) is 15.8. The Balaban J connectivity index is 1.98. The maximum Gasteiger partial charge on any atom is 0.344 e. The molecule has 0 atom stereocenters. The molecule has 0 unspecified atom stereocenters. The Hall–Kier alpha value is -2.62. The van der Waals surface area contributed by atoms with E-state index in [1.165, 1.54) is 0 Å². The van der Waals surface area contributed by atoms with Crippen molar-refractivity contribution in [2.24, 2.45) is 4.99 Å². The van der Waals surface area contributed by atoms with Crippen molar-refractivity contribution in [1.82, 2.24) is 0 Å². The van der Waals surface area contributed by atoms with E-state index >= 15 is 0 Å². The van der Waals surface area contributed by atoms with Crippen LogP contribution in [0.4, 0.5) is 0 Å². The van der Waals surface area contributed by atoms with Gasteiger partial charge in [0.05, 0.1) is 20.5 Å². The van der Waals surface area contributed by atoms with E-state index in [2.05, 4.69) is 64.2 Å². The Bertz CT molecular complexity index is 1300. The predicted octanol–water partition coefficient (Wildman–Crippen LogP) is 7.78. The average molecular weight is 649 g/mol. The van der Waals surface area contributed by atoms with Gasteiger partial charge in [-0.1, -0.05) is 57.3 Å². The van der Waals surface area contributed by atoms with Gasteiger partial charge in [-0.25, -0.2) is 9.79 Å². The van der Waals surface area contributed by atoms with Crippen LogP contribution in [-0.4, -0.2) is 35.2 Å². The molecule has 1 heterocycles. The number of esters is 1. The number of carbonyl (C=O) groups excluding carboxylic acids is 2. The van der Waals surface area contributed by atoms with Gasteiger partial charge in [-0.2, -0.15) is 0 Å². The Morgan fingerprint density at radius 3 is 2.30 bits per heavy atom. The van der Waals surface area contributed by atoms with Crippen molar-refractivity contribution in [1.29, 1.82) is 0 Å². The number of rotatable bonds is 7. The minimum atomic E-state index is -0.749. The predicted molar refractivity (Wildman–Crippen MR) is 156 cm³/mol. The molecular formula is C28H27Br2NO5S. The fourth-order valence-electron chi connectivity index (χ4n) is 3.36. The second kappa shape index (κ2) is 12.3. The number of carbonyl (C=O) groups is 2. The first-order chi connectivity index (χ1) is 17.5. The van der Waals surface area contributed by atoms with Crippen LogP contribution in [0.2, 0.25) is 0 Å². The molecule has 1 aliphatic heterocycles. The molecule has 3 rings (SSSR count). The van der Waals surface area contributed by atoms with Crippen LogP contribution in [0.1, 0.15) is 49.2 Å². The molecule has 2 aromatic rings. The van der Waals surface area contributed by atoms with Gasteiger partial charge in [-0.15, -0.1) is 0 Å². The van der Waals surface area contributed by atoms with E-state index in [4.69, 9.17) is 9.47 Å². The van der Waals surface area contributed by atoms with Crippen molar-refractivity contribution in [3.05, 3.63) is 90.9 Å². The summed E-state index contributed by atoms with van der Waals surface area (Å²) in [5.41, 5.74) is 1.98. The third-order valence-electron chi connectivity index (χ3n) is 5.24. The summed E-state index contributed by atoms with van der Waals surface area (Å²) < 4.78 is 12.2. The van der Waals surface area contributed by atoms with Crippen LogP contribution in [0.15, 0.2) is 79.2 Å². The number of hydrogen-bond acceptors (Lipinski definition) is 6. The van der Waals surface area contributed by atoms with Crippen LogP contribution < -0.4 is 4.74 Å². The monoisotopic (exact) mass is 647 g/mol. The number of aliphatic hydroxyl groups is 1. The topological polar surface area (TPSA) is 85.2 Å². The molecule has 0 spiro atoms. The van der Waals surface area contributed by atoms with E-state index in [-0.39, 0.29) is 28.4 Å². The number of benzene rings is 2.